The average Bonchev–Trinajstić information content (AvgIpc) is 3.24. The number of hydrogen-bond donors (Lipinski definition) is 2. The van der Waals surface area contributed by atoms with Gasteiger partial charge in [0.2, 0.25) is 0 Å². The number of aromatic nitrogens is 4. The van der Waals surface area contributed by atoms with Crippen LogP contribution in [0, 0.1) is 0 Å². The van der Waals surface area contributed by atoms with Gasteiger partial charge in [0, 0.05) is 61.5 Å². The molecule has 0 bridgehead atoms. The second kappa shape index (κ2) is 10.5. The van der Waals surface area contributed by atoms with Gasteiger partial charge in [-0.05, 0) is 30.5 Å². The minimum atomic E-state index is -0.269. The second-order valence-corrected chi connectivity index (χ2v) is 8.35. The molecule has 2 amide bonds. The van der Waals surface area contributed by atoms with Crippen molar-refractivity contribution in [1.82, 2.24) is 25.1 Å². The molecule has 1 saturated heterocycles. The first-order chi connectivity index (χ1) is 15.6. The van der Waals surface area contributed by atoms with Crippen molar-refractivity contribution >= 4 is 29.3 Å². The Bertz CT molecular complexity index is 1050. The van der Waals surface area contributed by atoms with Crippen molar-refractivity contribution in [2.24, 2.45) is 7.05 Å². The molecule has 0 unspecified atom stereocenters. The third-order valence-electron chi connectivity index (χ3n) is 5.01. The number of thioether (sulfide) groups is 1. The lowest BCUT2D eigenvalue weighted by molar-refractivity contribution is 0.122. The number of nitrogens with one attached hydrogen (secondary N) is 2. The van der Waals surface area contributed by atoms with Crippen LogP contribution in [0.1, 0.15) is 11.3 Å². The van der Waals surface area contributed by atoms with Gasteiger partial charge in [-0.2, -0.15) is 16.9 Å². The van der Waals surface area contributed by atoms with Crippen LogP contribution >= 0.6 is 11.8 Å². The minimum absolute atomic E-state index is 0.269. The van der Waals surface area contributed by atoms with Crippen molar-refractivity contribution < 1.29 is 9.53 Å². The SMILES string of the molecule is CSCc1cc(N2CCOCC2)nc(-c2ccc(NC(=O)NCc3cnn(C)c3)cc2)n1. The van der Waals surface area contributed by atoms with E-state index in [4.69, 9.17) is 14.7 Å². The third-order valence-corrected chi connectivity index (χ3v) is 5.59. The number of carbonyl (C=O) groups is 1. The minimum Gasteiger partial charge on any atom is -0.378 e. The molecule has 0 aliphatic carbocycles. The van der Waals surface area contributed by atoms with E-state index in [9.17, 15) is 4.79 Å². The summed E-state index contributed by atoms with van der Waals surface area (Å²) in [4.78, 5) is 24.0. The summed E-state index contributed by atoms with van der Waals surface area (Å²) in [5.74, 6) is 2.44. The quantitative estimate of drug-likeness (QED) is 0.568. The van der Waals surface area contributed by atoms with Crippen molar-refractivity contribution in [3.05, 3.63) is 54.0 Å². The number of anilines is 2. The molecule has 32 heavy (non-hydrogen) atoms. The van der Waals surface area contributed by atoms with Gasteiger partial charge >= 0.3 is 6.03 Å². The van der Waals surface area contributed by atoms with Crippen LogP contribution in [-0.4, -0.2) is 58.3 Å². The summed E-state index contributed by atoms with van der Waals surface area (Å²) in [7, 11) is 1.84. The maximum Gasteiger partial charge on any atom is 0.319 e. The molecule has 1 aliphatic rings. The molecule has 3 heterocycles. The van der Waals surface area contributed by atoms with Gasteiger partial charge < -0.3 is 20.3 Å². The Morgan fingerprint density at radius 1 is 1.19 bits per heavy atom. The number of benzene rings is 1. The summed E-state index contributed by atoms with van der Waals surface area (Å²) in [6.45, 7) is 3.48. The van der Waals surface area contributed by atoms with Crippen molar-refractivity contribution in [1.29, 1.82) is 0 Å². The van der Waals surface area contributed by atoms with Crippen LogP contribution in [-0.2, 0) is 24.1 Å². The lowest BCUT2D eigenvalue weighted by atomic mass is 10.2. The highest BCUT2D eigenvalue weighted by Crippen LogP contribution is 2.24. The normalized spacial score (nSPS) is 13.8. The van der Waals surface area contributed by atoms with Gasteiger partial charge in [-0.25, -0.2) is 14.8 Å². The Labute approximate surface area is 191 Å². The number of nitrogens with zero attached hydrogens (tertiary/aromatic N) is 5. The van der Waals surface area contributed by atoms with Gasteiger partial charge in [-0.3, -0.25) is 4.68 Å². The van der Waals surface area contributed by atoms with E-state index in [0.29, 0.717) is 31.3 Å². The largest absolute Gasteiger partial charge is 0.378 e. The second-order valence-electron chi connectivity index (χ2n) is 7.48. The van der Waals surface area contributed by atoms with Crippen LogP contribution in [0.25, 0.3) is 11.4 Å². The van der Waals surface area contributed by atoms with Crippen LogP contribution in [0.3, 0.4) is 0 Å². The van der Waals surface area contributed by atoms with Gasteiger partial charge in [0.1, 0.15) is 5.82 Å². The first-order valence-electron chi connectivity index (χ1n) is 10.4. The molecule has 2 N–H and O–H groups in total. The topological polar surface area (TPSA) is 97.2 Å². The van der Waals surface area contributed by atoms with Gasteiger partial charge in [-0.15, -0.1) is 0 Å². The third kappa shape index (κ3) is 5.77. The fraction of sp³-hybridized carbons (Fsp3) is 0.364. The van der Waals surface area contributed by atoms with Crippen LogP contribution in [0.15, 0.2) is 42.7 Å². The fourth-order valence-electron chi connectivity index (χ4n) is 3.41. The molecule has 3 aromatic rings. The summed E-state index contributed by atoms with van der Waals surface area (Å²) in [6, 6.07) is 9.37. The monoisotopic (exact) mass is 453 g/mol. The highest BCUT2D eigenvalue weighted by Gasteiger charge is 2.16. The summed E-state index contributed by atoms with van der Waals surface area (Å²) in [6.07, 6.45) is 5.66. The fourth-order valence-corrected chi connectivity index (χ4v) is 3.86. The zero-order valence-corrected chi connectivity index (χ0v) is 19.1. The average molecular weight is 454 g/mol. The molecule has 168 valence electrons. The number of morpholine rings is 1. The van der Waals surface area contributed by atoms with Crippen molar-refractivity contribution in [3.63, 3.8) is 0 Å². The highest BCUT2D eigenvalue weighted by molar-refractivity contribution is 7.97. The molecule has 1 fully saturated rings. The molecule has 0 atom stereocenters. The standard InChI is InChI=1S/C22H27N7O2S/c1-28-14-16(13-24-28)12-23-22(30)26-18-5-3-17(4-6-18)21-25-19(15-32-2)11-20(27-21)29-7-9-31-10-8-29/h3-6,11,13-14H,7-10,12,15H2,1-2H3,(H2,23,26,30). The maximum absolute atomic E-state index is 12.2. The van der Waals surface area contributed by atoms with Crippen LogP contribution in [0.5, 0.6) is 0 Å². The highest BCUT2D eigenvalue weighted by atomic mass is 32.2. The molecule has 4 rings (SSSR count). The smallest absolute Gasteiger partial charge is 0.319 e. The van der Waals surface area contributed by atoms with Gasteiger partial charge in [0.15, 0.2) is 5.82 Å². The predicted molar refractivity (Wildman–Crippen MR) is 127 cm³/mol. The number of hydrogen-bond acceptors (Lipinski definition) is 7. The van der Waals surface area contributed by atoms with Crippen molar-refractivity contribution in [2.75, 3.05) is 42.8 Å². The van der Waals surface area contributed by atoms with Gasteiger partial charge in [0.05, 0.1) is 25.1 Å². The molecule has 2 aromatic heterocycles. The lowest BCUT2D eigenvalue weighted by Gasteiger charge is -2.28. The van der Waals surface area contributed by atoms with E-state index >= 15 is 0 Å². The van der Waals surface area contributed by atoms with E-state index < -0.39 is 0 Å². The number of urea groups is 1. The van der Waals surface area contributed by atoms with Crippen molar-refractivity contribution in [2.45, 2.75) is 12.3 Å². The number of carbonyl (C=O) groups excluding carboxylic acids is 1. The van der Waals surface area contributed by atoms with Crippen LogP contribution < -0.4 is 15.5 Å². The Morgan fingerprint density at radius 2 is 1.97 bits per heavy atom. The number of ether oxygens (including phenoxy) is 1. The Balaban J connectivity index is 1.44. The lowest BCUT2D eigenvalue weighted by Crippen LogP contribution is -2.37. The number of rotatable bonds is 7. The molecule has 1 aromatic carbocycles. The van der Waals surface area contributed by atoms with E-state index in [-0.39, 0.29) is 6.03 Å². The summed E-state index contributed by atoms with van der Waals surface area (Å²) >= 11 is 1.73. The molecule has 9 nitrogen and oxygen atoms in total. The molecular weight excluding hydrogens is 426 g/mol. The van der Waals surface area contributed by atoms with E-state index in [1.807, 2.05) is 37.5 Å². The summed E-state index contributed by atoms with van der Waals surface area (Å²) in [5, 5.41) is 9.77. The van der Waals surface area contributed by atoms with E-state index in [2.05, 4.69) is 33.0 Å². The first kappa shape index (κ1) is 22.1. The van der Waals surface area contributed by atoms with Crippen molar-refractivity contribution in [3.8, 4) is 11.4 Å². The van der Waals surface area contributed by atoms with Gasteiger partial charge in [-0.1, -0.05) is 0 Å². The molecule has 0 saturated carbocycles. The Hall–Kier alpha value is -3.11. The van der Waals surface area contributed by atoms with E-state index in [0.717, 1.165) is 41.5 Å². The molecular formula is C22H27N7O2S. The zero-order valence-electron chi connectivity index (χ0n) is 18.2. The zero-order chi connectivity index (χ0) is 22.3. The summed E-state index contributed by atoms with van der Waals surface area (Å²) in [5.41, 5.74) is 3.55. The van der Waals surface area contributed by atoms with Gasteiger partial charge in [0.25, 0.3) is 0 Å². The maximum atomic E-state index is 12.2. The molecule has 0 spiro atoms. The Morgan fingerprint density at radius 3 is 2.66 bits per heavy atom. The van der Waals surface area contributed by atoms with E-state index in [1.165, 1.54) is 0 Å². The number of aryl methyl sites for hydroxylation is 1. The Kier molecular flexibility index (Phi) is 7.23. The van der Waals surface area contributed by atoms with Crippen LogP contribution in [0.4, 0.5) is 16.3 Å². The molecule has 1 aliphatic heterocycles. The van der Waals surface area contributed by atoms with E-state index in [1.54, 1.807) is 22.6 Å². The predicted octanol–water partition coefficient (Wildman–Crippen LogP) is 2.90. The molecule has 10 heteroatoms. The number of amides is 2. The first-order valence-corrected chi connectivity index (χ1v) is 11.8. The molecule has 0 radical (unpaired) electrons. The van der Waals surface area contributed by atoms with Crippen LogP contribution in [0.2, 0.25) is 0 Å². The summed E-state index contributed by atoms with van der Waals surface area (Å²) < 4.78 is 7.17.